The maximum atomic E-state index is 12.6. The molecule has 3 rings (SSSR count). The van der Waals surface area contributed by atoms with E-state index in [0.717, 1.165) is 49.8 Å². The first kappa shape index (κ1) is 21.2. The van der Waals surface area contributed by atoms with Gasteiger partial charge < -0.3 is 0 Å². The molecule has 6 nitrogen and oxygen atoms in total. The van der Waals surface area contributed by atoms with Crippen LogP contribution < -0.4 is 0 Å². The Hall–Kier alpha value is -1.54. The molecular formula is C20H26N2O4S2. The highest BCUT2D eigenvalue weighted by molar-refractivity contribution is 8.75. The molecule has 4 bridgehead atoms. The van der Waals surface area contributed by atoms with Gasteiger partial charge in [-0.05, 0) is 6.42 Å². The summed E-state index contributed by atoms with van der Waals surface area (Å²) in [7, 11) is 1.66. The predicted octanol–water partition coefficient (Wildman–Crippen LogP) is 4.34. The Bertz CT molecular complexity index is 682. The van der Waals surface area contributed by atoms with Gasteiger partial charge in [-0.2, -0.15) is 0 Å². The SMILES string of the molecule is CCCCCCCCCCCC1C2=CC(=O)N(SSN3C(=O)C=C1C3=O)C2=O. The Labute approximate surface area is 173 Å². The van der Waals surface area contributed by atoms with Gasteiger partial charge in [0.15, 0.2) is 0 Å². The molecule has 0 unspecified atom stereocenters. The molecule has 0 aliphatic carbocycles. The molecule has 4 amide bonds. The molecule has 8 heteroatoms. The lowest BCUT2D eigenvalue weighted by Gasteiger charge is -2.17. The van der Waals surface area contributed by atoms with Crippen molar-refractivity contribution in [2.24, 2.45) is 5.92 Å². The lowest BCUT2D eigenvalue weighted by Crippen LogP contribution is -2.25. The minimum absolute atomic E-state index is 0.341. The lowest BCUT2D eigenvalue weighted by molar-refractivity contribution is -0.132. The molecule has 0 saturated carbocycles. The van der Waals surface area contributed by atoms with Crippen molar-refractivity contribution >= 4 is 45.6 Å². The molecule has 0 aromatic heterocycles. The highest BCUT2D eigenvalue weighted by Crippen LogP contribution is 2.44. The van der Waals surface area contributed by atoms with E-state index >= 15 is 0 Å². The molecular weight excluding hydrogens is 396 g/mol. The van der Waals surface area contributed by atoms with Crippen molar-refractivity contribution in [3.63, 3.8) is 0 Å². The van der Waals surface area contributed by atoms with Crippen molar-refractivity contribution in [1.82, 2.24) is 8.61 Å². The normalized spacial score (nSPS) is 19.8. The fraction of sp³-hybridized carbons (Fsp3) is 0.600. The minimum atomic E-state index is -0.480. The number of fused-ring (bicyclic) bond motifs is 4. The monoisotopic (exact) mass is 422 g/mol. The standard InChI is InChI=1S/C20H26N2O4S2/c1-2-3-4-5-6-7-8-9-10-11-14-15-12-17(23)21(19(15)25)27-28-22-18(24)13-16(14)20(22)26/h12-14H,2-11H2,1H3. The number of rotatable bonds is 10. The third kappa shape index (κ3) is 4.54. The van der Waals surface area contributed by atoms with Crippen LogP contribution in [-0.2, 0) is 19.2 Å². The molecule has 0 spiro atoms. The lowest BCUT2D eigenvalue weighted by atomic mass is 9.86. The molecule has 28 heavy (non-hydrogen) atoms. The highest BCUT2D eigenvalue weighted by atomic mass is 33.1. The van der Waals surface area contributed by atoms with Crippen LogP contribution in [0.3, 0.4) is 0 Å². The third-order valence-electron chi connectivity index (χ3n) is 5.35. The summed E-state index contributed by atoms with van der Waals surface area (Å²) in [6.07, 6.45) is 13.9. The van der Waals surface area contributed by atoms with Gasteiger partial charge in [-0.25, -0.2) is 8.61 Å². The summed E-state index contributed by atoms with van der Waals surface area (Å²) in [4.78, 5) is 49.5. The topological polar surface area (TPSA) is 74.8 Å². The maximum Gasteiger partial charge on any atom is 0.268 e. The van der Waals surface area contributed by atoms with E-state index in [1.54, 1.807) is 0 Å². The number of nitrogens with zero attached hydrogens (tertiary/aromatic N) is 2. The highest BCUT2D eigenvalue weighted by Gasteiger charge is 2.45. The van der Waals surface area contributed by atoms with E-state index in [1.165, 1.54) is 50.7 Å². The van der Waals surface area contributed by atoms with Gasteiger partial charge in [-0.15, -0.1) is 0 Å². The molecule has 0 aromatic carbocycles. The summed E-state index contributed by atoms with van der Waals surface area (Å²) >= 11 is 0. The first-order valence-electron chi connectivity index (χ1n) is 10.1. The van der Waals surface area contributed by atoms with Crippen molar-refractivity contribution in [3.05, 3.63) is 23.3 Å². The van der Waals surface area contributed by atoms with E-state index < -0.39 is 17.7 Å². The van der Waals surface area contributed by atoms with Crippen molar-refractivity contribution in [2.45, 2.75) is 71.1 Å². The molecule has 3 aliphatic rings. The summed E-state index contributed by atoms with van der Waals surface area (Å²) in [6.45, 7) is 2.21. The van der Waals surface area contributed by atoms with Gasteiger partial charge in [0.2, 0.25) is 0 Å². The first-order valence-corrected chi connectivity index (χ1v) is 12.2. The van der Waals surface area contributed by atoms with Gasteiger partial charge in [0, 0.05) is 29.2 Å². The Morgan fingerprint density at radius 1 is 0.714 bits per heavy atom. The molecule has 0 radical (unpaired) electrons. The second-order valence-corrected chi connectivity index (χ2v) is 9.32. The Balaban J connectivity index is 1.59. The fourth-order valence-electron chi connectivity index (χ4n) is 3.79. The van der Waals surface area contributed by atoms with Crippen molar-refractivity contribution in [2.75, 3.05) is 0 Å². The van der Waals surface area contributed by atoms with Crippen LogP contribution in [0.4, 0.5) is 0 Å². The summed E-state index contributed by atoms with van der Waals surface area (Å²) in [5.41, 5.74) is 0.683. The third-order valence-corrected chi connectivity index (χ3v) is 7.50. The van der Waals surface area contributed by atoms with Crippen LogP contribution in [0.25, 0.3) is 0 Å². The molecule has 1 fully saturated rings. The number of hydrogen-bond acceptors (Lipinski definition) is 6. The van der Waals surface area contributed by atoms with E-state index in [4.69, 9.17) is 0 Å². The van der Waals surface area contributed by atoms with E-state index in [2.05, 4.69) is 6.92 Å². The number of imide groups is 2. The van der Waals surface area contributed by atoms with E-state index in [-0.39, 0.29) is 11.8 Å². The molecule has 3 aliphatic heterocycles. The van der Waals surface area contributed by atoms with Crippen LogP contribution >= 0.6 is 22.0 Å². The number of carbonyl (C=O) groups is 4. The second-order valence-electron chi connectivity index (χ2n) is 7.39. The Morgan fingerprint density at radius 3 is 1.61 bits per heavy atom. The Kier molecular flexibility index (Phi) is 7.40. The quantitative estimate of drug-likeness (QED) is 0.226. The molecule has 0 aromatic rings. The molecule has 0 atom stereocenters. The first-order chi connectivity index (χ1) is 13.5. The van der Waals surface area contributed by atoms with Gasteiger partial charge in [0.1, 0.15) is 0 Å². The molecule has 1 saturated heterocycles. The zero-order chi connectivity index (χ0) is 20.1. The molecule has 152 valence electrons. The van der Waals surface area contributed by atoms with Gasteiger partial charge >= 0.3 is 0 Å². The minimum Gasteiger partial charge on any atom is -0.268 e. The van der Waals surface area contributed by atoms with E-state index in [9.17, 15) is 19.2 Å². The van der Waals surface area contributed by atoms with E-state index in [1.807, 2.05) is 0 Å². The smallest absolute Gasteiger partial charge is 0.268 e. The van der Waals surface area contributed by atoms with Crippen molar-refractivity contribution < 1.29 is 19.2 Å². The maximum absolute atomic E-state index is 12.6. The summed E-state index contributed by atoms with van der Waals surface area (Å²) in [5.74, 6) is -1.99. The summed E-state index contributed by atoms with van der Waals surface area (Å²) < 4.78 is 2.07. The van der Waals surface area contributed by atoms with Crippen molar-refractivity contribution in [1.29, 1.82) is 0 Å². The van der Waals surface area contributed by atoms with Crippen LogP contribution in [0.5, 0.6) is 0 Å². The number of amides is 4. The largest absolute Gasteiger partial charge is 0.268 e. The fourth-order valence-corrected chi connectivity index (χ4v) is 5.77. The average Bonchev–Trinajstić information content (AvgIpc) is 3.11. The summed E-state index contributed by atoms with van der Waals surface area (Å²) in [6, 6.07) is 0. The number of hydrogen-bond donors (Lipinski definition) is 0. The van der Waals surface area contributed by atoms with Gasteiger partial charge in [0.05, 0.1) is 22.0 Å². The van der Waals surface area contributed by atoms with Gasteiger partial charge in [0.25, 0.3) is 23.6 Å². The zero-order valence-corrected chi connectivity index (χ0v) is 17.8. The van der Waals surface area contributed by atoms with E-state index in [0.29, 0.717) is 17.6 Å². The van der Waals surface area contributed by atoms with Crippen LogP contribution in [-0.4, -0.2) is 32.2 Å². The van der Waals surface area contributed by atoms with Crippen molar-refractivity contribution in [3.8, 4) is 0 Å². The van der Waals surface area contributed by atoms with Crippen LogP contribution in [0, 0.1) is 5.92 Å². The van der Waals surface area contributed by atoms with Gasteiger partial charge in [-0.1, -0.05) is 64.7 Å². The van der Waals surface area contributed by atoms with Gasteiger partial charge in [-0.3, -0.25) is 19.2 Å². The average molecular weight is 423 g/mol. The zero-order valence-electron chi connectivity index (χ0n) is 16.1. The number of carbonyl (C=O) groups excluding carboxylic acids is 4. The Morgan fingerprint density at radius 2 is 1.14 bits per heavy atom. The molecule has 0 N–H and O–H groups in total. The number of unbranched alkanes of at least 4 members (excludes halogenated alkanes) is 8. The summed E-state index contributed by atoms with van der Waals surface area (Å²) in [5, 5.41) is 0. The predicted molar refractivity (Wildman–Crippen MR) is 110 cm³/mol. The van der Waals surface area contributed by atoms with Crippen LogP contribution in [0.15, 0.2) is 23.3 Å². The second kappa shape index (κ2) is 9.78. The van der Waals surface area contributed by atoms with Crippen LogP contribution in [0.2, 0.25) is 0 Å². The van der Waals surface area contributed by atoms with Crippen LogP contribution in [0.1, 0.15) is 71.1 Å². The molecule has 3 heterocycles.